The van der Waals surface area contributed by atoms with Crippen LogP contribution in [-0.2, 0) is 17.8 Å². The number of methoxy groups -OCH3 is 1. The zero-order valence-electron chi connectivity index (χ0n) is 13.6. The van der Waals surface area contributed by atoms with Crippen molar-refractivity contribution in [2.24, 2.45) is 0 Å². The molecule has 0 unspecified atom stereocenters. The van der Waals surface area contributed by atoms with E-state index in [0.29, 0.717) is 12.4 Å². The second-order valence-corrected chi connectivity index (χ2v) is 5.73. The molecule has 2 heterocycles. The molecule has 1 aromatic carbocycles. The number of morpholine rings is 1. The number of hydrogen-bond donors (Lipinski definition) is 1. The van der Waals surface area contributed by atoms with Crippen LogP contribution in [0.2, 0.25) is 0 Å². The third kappa shape index (κ3) is 3.65. The highest BCUT2D eigenvalue weighted by atomic mass is 16.5. The quantitative estimate of drug-likeness (QED) is 0.916. The molecule has 0 saturated carbocycles. The van der Waals surface area contributed by atoms with Crippen LogP contribution in [0.4, 0.5) is 0 Å². The Morgan fingerprint density at radius 2 is 2.30 bits per heavy atom. The Kier molecular flexibility index (Phi) is 4.83. The number of rotatable bonds is 5. The minimum absolute atomic E-state index is 0.0584. The normalized spacial score (nSPS) is 19.0. The number of phenols is 1. The molecule has 0 spiro atoms. The van der Waals surface area contributed by atoms with Crippen LogP contribution in [0.5, 0.6) is 11.5 Å². The van der Waals surface area contributed by atoms with Crippen LogP contribution < -0.4 is 4.74 Å². The Morgan fingerprint density at radius 1 is 1.43 bits per heavy atom. The van der Waals surface area contributed by atoms with Gasteiger partial charge in [0.25, 0.3) is 0 Å². The highest BCUT2D eigenvalue weighted by molar-refractivity contribution is 5.41. The van der Waals surface area contributed by atoms with Gasteiger partial charge in [-0.1, -0.05) is 6.07 Å². The summed E-state index contributed by atoms with van der Waals surface area (Å²) in [4.78, 5) is 2.35. The molecule has 0 bridgehead atoms. The van der Waals surface area contributed by atoms with E-state index in [1.165, 1.54) is 0 Å². The van der Waals surface area contributed by atoms with Crippen molar-refractivity contribution in [2.75, 3.05) is 26.8 Å². The molecule has 3 rings (SSSR count). The van der Waals surface area contributed by atoms with Crippen LogP contribution in [0.15, 0.2) is 30.6 Å². The van der Waals surface area contributed by atoms with Crippen LogP contribution in [0.3, 0.4) is 0 Å². The first-order chi connectivity index (χ1) is 11.2. The number of benzene rings is 1. The van der Waals surface area contributed by atoms with Gasteiger partial charge in [-0.3, -0.25) is 9.58 Å². The Labute approximate surface area is 136 Å². The summed E-state index contributed by atoms with van der Waals surface area (Å²) in [5, 5.41) is 14.0. The van der Waals surface area contributed by atoms with E-state index in [0.717, 1.165) is 37.3 Å². The average Bonchev–Trinajstić information content (AvgIpc) is 3.06. The number of aromatic nitrogens is 2. The first kappa shape index (κ1) is 15.8. The Bertz CT molecular complexity index is 656. The highest BCUT2D eigenvalue weighted by Gasteiger charge is 2.23. The molecule has 23 heavy (non-hydrogen) atoms. The highest BCUT2D eigenvalue weighted by Crippen LogP contribution is 2.28. The van der Waals surface area contributed by atoms with Gasteiger partial charge < -0.3 is 14.6 Å². The fourth-order valence-electron chi connectivity index (χ4n) is 2.85. The third-order valence-corrected chi connectivity index (χ3v) is 4.15. The van der Waals surface area contributed by atoms with E-state index in [1.807, 2.05) is 23.0 Å². The van der Waals surface area contributed by atoms with Gasteiger partial charge in [-0.25, -0.2) is 0 Å². The first-order valence-electron chi connectivity index (χ1n) is 7.91. The molecule has 0 aliphatic carbocycles. The van der Waals surface area contributed by atoms with Gasteiger partial charge in [0, 0.05) is 37.9 Å². The number of hydrogen-bond acceptors (Lipinski definition) is 5. The van der Waals surface area contributed by atoms with E-state index < -0.39 is 0 Å². The fourth-order valence-corrected chi connectivity index (χ4v) is 2.85. The second kappa shape index (κ2) is 7.02. The van der Waals surface area contributed by atoms with Gasteiger partial charge in [0.2, 0.25) is 0 Å². The number of nitrogens with zero attached hydrogens (tertiary/aromatic N) is 3. The summed E-state index contributed by atoms with van der Waals surface area (Å²) in [6, 6.07) is 5.49. The van der Waals surface area contributed by atoms with Crippen molar-refractivity contribution in [3.05, 3.63) is 41.7 Å². The second-order valence-electron chi connectivity index (χ2n) is 5.73. The van der Waals surface area contributed by atoms with Crippen molar-refractivity contribution in [3.63, 3.8) is 0 Å². The third-order valence-electron chi connectivity index (χ3n) is 4.15. The molecule has 6 heteroatoms. The first-order valence-corrected chi connectivity index (χ1v) is 7.91. The molecule has 1 N–H and O–H groups in total. The number of phenolic OH excluding ortho intramolecular Hbond substituents is 1. The Morgan fingerprint density at radius 3 is 3.04 bits per heavy atom. The van der Waals surface area contributed by atoms with E-state index in [9.17, 15) is 5.11 Å². The zero-order valence-corrected chi connectivity index (χ0v) is 13.6. The summed E-state index contributed by atoms with van der Waals surface area (Å²) in [7, 11) is 1.56. The lowest BCUT2D eigenvalue weighted by Gasteiger charge is -2.32. The van der Waals surface area contributed by atoms with E-state index in [2.05, 4.69) is 23.1 Å². The molecule has 1 aliphatic heterocycles. The minimum Gasteiger partial charge on any atom is -0.504 e. The molecular formula is C17H23N3O3. The van der Waals surface area contributed by atoms with Gasteiger partial charge in [0.05, 0.1) is 26.0 Å². The SMILES string of the molecule is CCn1cc([C@@H]2CN(Cc3ccc(O)c(OC)c3)CCO2)cn1. The summed E-state index contributed by atoms with van der Waals surface area (Å²) >= 11 is 0. The van der Waals surface area contributed by atoms with Gasteiger partial charge >= 0.3 is 0 Å². The van der Waals surface area contributed by atoms with E-state index in [1.54, 1.807) is 13.2 Å². The van der Waals surface area contributed by atoms with E-state index >= 15 is 0 Å². The monoisotopic (exact) mass is 317 g/mol. The Balaban J connectivity index is 1.66. The van der Waals surface area contributed by atoms with Crippen molar-refractivity contribution in [1.82, 2.24) is 14.7 Å². The van der Waals surface area contributed by atoms with Crippen LogP contribution in [0.25, 0.3) is 0 Å². The average molecular weight is 317 g/mol. The molecule has 2 aromatic rings. The summed E-state index contributed by atoms with van der Waals surface area (Å²) < 4.78 is 13.0. The maximum absolute atomic E-state index is 9.69. The molecular weight excluding hydrogens is 294 g/mol. The van der Waals surface area contributed by atoms with Crippen LogP contribution in [-0.4, -0.2) is 46.6 Å². The van der Waals surface area contributed by atoms with Crippen molar-refractivity contribution in [3.8, 4) is 11.5 Å². The predicted octanol–water partition coefficient (Wildman–Crippen LogP) is 2.19. The molecule has 0 amide bonds. The number of aryl methyl sites for hydroxylation is 1. The Hall–Kier alpha value is -2.05. The van der Waals surface area contributed by atoms with Crippen molar-refractivity contribution in [2.45, 2.75) is 26.1 Å². The summed E-state index contributed by atoms with van der Waals surface area (Å²) in [5.41, 5.74) is 2.24. The van der Waals surface area contributed by atoms with Crippen molar-refractivity contribution < 1.29 is 14.6 Å². The number of ether oxygens (including phenoxy) is 2. The molecule has 1 atom stereocenters. The molecule has 0 radical (unpaired) electrons. The molecule has 1 fully saturated rings. The molecule has 124 valence electrons. The van der Waals surface area contributed by atoms with Crippen LogP contribution >= 0.6 is 0 Å². The fraction of sp³-hybridized carbons (Fsp3) is 0.471. The predicted molar refractivity (Wildman–Crippen MR) is 86.5 cm³/mol. The standard InChI is InChI=1S/C17H23N3O3/c1-3-20-11-14(9-18-20)17-12-19(6-7-23-17)10-13-4-5-15(21)16(8-13)22-2/h4-5,8-9,11,17,21H,3,6-7,10,12H2,1-2H3/t17-/m0/s1. The van der Waals surface area contributed by atoms with Crippen molar-refractivity contribution in [1.29, 1.82) is 0 Å². The molecule has 1 aromatic heterocycles. The molecule has 6 nitrogen and oxygen atoms in total. The zero-order chi connectivity index (χ0) is 16.2. The summed E-state index contributed by atoms with van der Waals surface area (Å²) in [5.74, 6) is 0.680. The lowest BCUT2D eigenvalue weighted by molar-refractivity contribution is -0.0329. The van der Waals surface area contributed by atoms with Gasteiger partial charge in [0.15, 0.2) is 11.5 Å². The maximum atomic E-state index is 9.69. The minimum atomic E-state index is 0.0584. The topological polar surface area (TPSA) is 59.8 Å². The van der Waals surface area contributed by atoms with E-state index in [-0.39, 0.29) is 11.9 Å². The number of aromatic hydroxyl groups is 1. The smallest absolute Gasteiger partial charge is 0.160 e. The summed E-state index contributed by atoms with van der Waals surface area (Å²) in [6.07, 6.45) is 4.00. The molecule has 1 saturated heterocycles. The summed E-state index contributed by atoms with van der Waals surface area (Å²) in [6.45, 7) is 6.17. The van der Waals surface area contributed by atoms with Crippen molar-refractivity contribution >= 4 is 0 Å². The maximum Gasteiger partial charge on any atom is 0.160 e. The van der Waals surface area contributed by atoms with Crippen LogP contribution in [0, 0.1) is 0 Å². The largest absolute Gasteiger partial charge is 0.504 e. The van der Waals surface area contributed by atoms with Gasteiger partial charge in [-0.2, -0.15) is 5.10 Å². The van der Waals surface area contributed by atoms with Gasteiger partial charge in [-0.05, 0) is 24.6 Å². The molecule has 1 aliphatic rings. The lowest BCUT2D eigenvalue weighted by Crippen LogP contribution is -2.37. The van der Waals surface area contributed by atoms with Crippen LogP contribution in [0.1, 0.15) is 24.2 Å². The van der Waals surface area contributed by atoms with Gasteiger partial charge in [-0.15, -0.1) is 0 Å². The van der Waals surface area contributed by atoms with Gasteiger partial charge in [0.1, 0.15) is 0 Å². The van der Waals surface area contributed by atoms with E-state index in [4.69, 9.17) is 9.47 Å². The lowest BCUT2D eigenvalue weighted by atomic mass is 10.1.